The van der Waals surface area contributed by atoms with E-state index in [0.717, 1.165) is 17.7 Å². The second-order valence-corrected chi connectivity index (χ2v) is 6.00. The van der Waals surface area contributed by atoms with Crippen molar-refractivity contribution in [3.05, 3.63) is 65.7 Å². The second kappa shape index (κ2) is 5.53. The summed E-state index contributed by atoms with van der Waals surface area (Å²) >= 11 is 6.75. The molecule has 1 aliphatic rings. The van der Waals surface area contributed by atoms with Crippen molar-refractivity contribution >= 4 is 23.2 Å². The minimum Gasteiger partial charge on any atom is -0.310 e. The van der Waals surface area contributed by atoms with Crippen molar-refractivity contribution in [1.29, 1.82) is 0 Å². The molecule has 0 radical (unpaired) electrons. The third-order valence-corrected chi connectivity index (χ3v) is 4.84. The van der Waals surface area contributed by atoms with Gasteiger partial charge in [0.2, 0.25) is 0 Å². The monoisotopic (exact) mass is 299 g/mol. The van der Waals surface area contributed by atoms with Crippen LogP contribution in [0, 0.1) is 0 Å². The number of carbonyl (C=O) groups is 1. The number of fused-ring (bicyclic) bond motifs is 1. The van der Waals surface area contributed by atoms with Gasteiger partial charge in [-0.3, -0.25) is 4.79 Å². The number of benzene rings is 2. The summed E-state index contributed by atoms with van der Waals surface area (Å²) < 4.78 is 0. The maximum absolute atomic E-state index is 13.1. The topological polar surface area (TPSA) is 20.3 Å². The Balaban J connectivity index is 1.98. The lowest BCUT2D eigenvalue weighted by molar-refractivity contribution is -0.121. The average molecular weight is 300 g/mol. The van der Waals surface area contributed by atoms with Crippen LogP contribution >= 0.6 is 11.6 Å². The molecular weight excluding hydrogens is 282 g/mol. The zero-order valence-electron chi connectivity index (χ0n) is 12.1. The van der Waals surface area contributed by atoms with Gasteiger partial charge >= 0.3 is 0 Å². The van der Waals surface area contributed by atoms with Crippen LogP contribution in [-0.2, 0) is 16.1 Å². The van der Waals surface area contributed by atoms with E-state index in [1.807, 2.05) is 60.4 Å². The van der Waals surface area contributed by atoms with Crippen LogP contribution in [0.5, 0.6) is 0 Å². The molecule has 3 rings (SSSR count). The maximum Gasteiger partial charge on any atom is 0.252 e. The first-order valence-corrected chi connectivity index (χ1v) is 7.69. The van der Waals surface area contributed by atoms with E-state index in [1.54, 1.807) is 0 Å². The van der Waals surface area contributed by atoms with Crippen molar-refractivity contribution in [3.63, 3.8) is 0 Å². The first-order chi connectivity index (χ1) is 10.2. The van der Waals surface area contributed by atoms with Crippen LogP contribution in [0.1, 0.15) is 24.5 Å². The zero-order valence-corrected chi connectivity index (χ0v) is 12.8. The Morgan fingerprint density at radius 1 is 1.14 bits per heavy atom. The smallest absolute Gasteiger partial charge is 0.252 e. The van der Waals surface area contributed by atoms with Crippen LogP contribution < -0.4 is 4.90 Å². The molecule has 3 heteroatoms. The molecule has 1 amide bonds. The lowest BCUT2D eigenvalue weighted by Crippen LogP contribution is -2.42. The Hall–Kier alpha value is -1.80. The summed E-state index contributed by atoms with van der Waals surface area (Å²) in [6, 6.07) is 17.7. The second-order valence-electron chi connectivity index (χ2n) is 5.36. The van der Waals surface area contributed by atoms with Gasteiger partial charge in [-0.2, -0.15) is 0 Å². The highest BCUT2D eigenvalue weighted by Gasteiger charge is 2.41. The summed E-state index contributed by atoms with van der Waals surface area (Å²) in [4.78, 5) is 13.9. The molecule has 2 nitrogen and oxygen atoms in total. The van der Waals surface area contributed by atoms with E-state index in [2.05, 4.69) is 6.07 Å². The third kappa shape index (κ3) is 2.34. The summed E-state index contributed by atoms with van der Waals surface area (Å²) in [5.74, 6) is -0.0252. The van der Waals surface area contributed by atoms with Crippen LogP contribution in [0.2, 0.25) is 0 Å². The van der Waals surface area contributed by atoms with Crippen LogP contribution in [-0.4, -0.2) is 12.5 Å². The van der Waals surface area contributed by atoms with E-state index >= 15 is 0 Å². The SMILES string of the molecule is CCC(Cl)(C(=O)N1CCc2ccccc21)c1ccccc1. The number of carbonyl (C=O) groups excluding carboxylic acids is 1. The molecule has 0 N–H and O–H groups in total. The Morgan fingerprint density at radius 3 is 2.52 bits per heavy atom. The Bertz CT molecular complexity index is 655. The van der Waals surface area contributed by atoms with Crippen LogP contribution in [0.3, 0.4) is 0 Å². The number of hydrogen-bond donors (Lipinski definition) is 0. The van der Waals surface area contributed by atoms with Crippen LogP contribution in [0.4, 0.5) is 5.69 Å². The van der Waals surface area contributed by atoms with Gasteiger partial charge in [0, 0.05) is 12.2 Å². The Labute approximate surface area is 130 Å². The van der Waals surface area contributed by atoms with Gasteiger partial charge < -0.3 is 4.90 Å². The molecule has 0 bridgehead atoms. The molecule has 0 saturated heterocycles. The molecule has 108 valence electrons. The number of halogens is 1. The zero-order chi connectivity index (χ0) is 14.9. The minimum absolute atomic E-state index is 0.0252. The normalized spacial score (nSPS) is 16.4. The molecule has 1 unspecified atom stereocenters. The fraction of sp³-hybridized carbons (Fsp3) is 0.278. The van der Waals surface area contributed by atoms with E-state index in [0.29, 0.717) is 13.0 Å². The molecule has 0 fully saturated rings. The number of rotatable bonds is 3. The predicted molar refractivity (Wildman–Crippen MR) is 86.8 cm³/mol. The fourth-order valence-corrected chi connectivity index (χ4v) is 3.17. The van der Waals surface area contributed by atoms with Crippen molar-refractivity contribution in [3.8, 4) is 0 Å². The van der Waals surface area contributed by atoms with Crippen molar-refractivity contribution in [1.82, 2.24) is 0 Å². The highest BCUT2D eigenvalue weighted by molar-refractivity contribution is 6.36. The van der Waals surface area contributed by atoms with E-state index in [1.165, 1.54) is 5.56 Å². The van der Waals surface area contributed by atoms with E-state index < -0.39 is 4.87 Å². The van der Waals surface area contributed by atoms with Gasteiger partial charge in [-0.05, 0) is 30.0 Å². The average Bonchev–Trinajstić information content (AvgIpc) is 2.98. The van der Waals surface area contributed by atoms with Crippen LogP contribution in [0.25, 0.3) is 0 Å². The quantitative estimate of drug-likeness (QED) is 0.781. The van der Waals surface area contributed by atoms with Crippen molar-refractivity contribution in [2.75, 3.05) is 11.4 Å². The standard InChI is InChI=1S/C18H18ClNO/c1-2-18(19,15-9-4-3-5-10-15)17(21)20-13-12-14-8-6-7-11-16(14)20/h3-11H,2,12-13H2,1H3. The number of anilines is 1. The molecule has 0 aromatic heterocycles. The summed E-state index contributed by atoms with van der Waals surface area (Å²) in [5.41, 5.74) is 3.08. The molecule has 21 heavy (non-hydrogen) atoms. The predicted octanol–water partition coefficient (Wildman–Crippen LogP) is 4.12. The molecule has 0 spiro atoms. The molecule has 1 atom stereocenters. The van der Waals surface area contributed by atoms with Crippen molar-refractivity contribution in [2.24, 2.45) is 0 Å². The molecule has 1 aliphatic heterocycles. The third-order valence-electron chi connectivity index (χ3n) is 4.19. The van der Waals surface area contributed by atoms with E-state index in [9.17, 15) is 4.79 Å². The Kier molecular flexibility index (Phi) is 3.73. The number of para-hydroxylation sites is 1. The van der Waals surface area contributed by atoms with Crippen LogP contribution in [0.15, 0.2) is 54.6 Å². The summed E-state index contributed by atoms with van der Waals surface area (Å²) in [7, 11) is 0. The summed E-state index contributed by atoms with van der Waals surface area (Å²) in [6.45, 7) is 2.67. The van der Waals surface area contributed by atoms with Gasteiger partial charge in [0.15, 0.2) is 0 Å². The number of hydrogen-bond acceptors (Lipinski definition) is 1. The number of amides is 1. The van der Waals surface area contributed by atoms with Gasteiger partial charge in [-0.1, -0.05) is 55.5 Å². The van der Waals surface area contributed by atoms with Gasteiger partial charge in [-0.15, -0.1) is 11.6 Å². The van der Waals surface area contributed by atoms with Gasteiger partial charge in [-0.25, -0.2) is 0 Å². The van der Waals surface area contributed by atoms with E-state index in [4.69, 9.17) is 11.6 Å². The lowest BCUT2D eigenvalue weighted by atomic mass is 9.94. The summed E-state index contributed by atoms with van der Waals surface area (Å²) in [5, 5.41) is 0. The molecule has 1 heterocycles. The number of nitrogens with zero attached hydrogens (tertiary/aromatic N) is 1. The Morgan fingerprint density at radius 2 is 1.81 bits per heavy atom. The highest BCUT2D eigenvalue weighted by atomic mass is 35.5. The molecule has 0 saturated carbocycles. The highest BCUT2D eigenvalue weighted by Crippen LogP contribution is 2.38. The molecule has 2 aromatic rings. The first kappa shape index (κ1) is 14.2. The number of alkyl halides is 1. The van der Waals surface area contributed by atoms with Crippen molar-refractivity contribution < 1.29 is 4.79 Å². The summed E-state index contributed by atoms with van der Waals surface area (Å²) in [6.07, 6.45) is 1.46. The van der Waals surface area contributed by atoms with Gasteiger partial charge in [0.25, 0.3) is 5.91 Å². The van der Waals surface area contributed by atoms with Gasteiger partial charge in [0.1, 0.15) is 4.87 Å². The molecule has 0 aliphatic carbocycles. The van der Waals surface area contributed by atoms with E-state index in [-0.39, 0.29) is 5.91 Å². The van der Waals surface area contributed by atoms with Gasteiger partial charge in [0.05, 0.1) is 0 Å². The minimum atomic E-state index is -0.987. The largest absolute Gasteiger partial charge is 0.310 e. The lowest BCUT2D eigenvalue weighted by Gasteiger charge is -2.30. The fourth-order valence-electron chi connectivity index (χ4n) is 2.94. The molecular formula is C18H18ClNO. The maximum atomic E-state index is 13.1. The van der Waals surface area contributed by atoms with Crippen molar-refractivity contribution in [2.45, 2.75) is 24.6 Å². The first-order valence-electron chi connectivity index (χ1n) is 7.31. The molecule has 2 aromatic carbocycles.